The molecule has 2 aromatic heterocycles. The fourth-order valence-electron chi connectivity index (χ4n) is 3.64. The average molecular weight is 443 g/mol. The quantitative estimate of drug-likeness (QED) is 0.627. The lowest BCUT2D eigenvalue weighted by molar-refractivity contribution is 0.394. The van der Waals surface area contributed by atoms with Gasteiger partial charge in [-0.2, -0.15) is 0 Å². The van der Waals surface area contributed by atoms with Gasteiger partial charge in [-0.1, -0.05) is 0 Å². The summed E-state index contributed by atoms with van der Waals surface area (Å²) in [6.45, 7) is 1.94. The highest BCUT2D eigenvalue weighted by molar-refractivity contribution is 9.10. The van der Waals surface area contributed by atoms with E-state index in [4.69, 9.17) is 9.47 Å². The molecule has 4 rings (SSSR count). The van der Waals surface area contributed by atoms with E-state index in [0.717, 1.165) is 64.3 Å². The third-order valence-electron chi connectivity index (χ3n) is 5.08. The monoisotopic (exact) mass is 442 g/mol. The molecular weight excluding hydrogens is 420 g/mol. The van der Waals surface area contributed by atoms with E-state index in [9.17, 15) is 0 Å². The van der Waals surface area contributed by atoms with E-state index in [-0.39, 0.29) is 0 Å². The maximum atomic E-state index is 5.37. The summed E-state index contributed by atoms with van der Waals surface area (Å²) in [5.41, 5.74) is 4.04. The van der Waals surface area contributed by atoms with E-state index in [1.807, 2.05) is 36.7 Å². The first-order chi connectivity index (χ1) is 13.7. The lowest BCUT2D eigenvalue weighted by atomic mass is 10.0. The van der Waals surface area contributed by atoms with Crippen molar-refractivity contribution in [3.05, 3.63) is 47.2 Å². The zero-order chi connectivity index (χ0) is 19.5. The molecule has 146 valence electrons. The highest BCUT2D eigenvalue weighted by atomic mass is 79.9. The molecule has 3 aromatic rings. The van der Waals surface area contributed by atoms with Crippen LogP contribution in [-0.4, -0.2) is 43.3 Å². The van der Waals surface area contributed by atoms with Gasteiger partial charge >= 0.3 is 0 Å². The molecule has 1 saturated heterocycles. The minimum absolute atomic E-state index is 0.406. The highest BCUT2D eigenvalue weighted by Crippen LogP contribution is 2.30. The van der Waals surface area contributed by atoms with Gasteiger partial charge in [-0.15, -0.1) is 0 Å². The molecule has 1 aliphatic heterocycles. The molecular formula is C21H23BrN4O2. The van der Waals surface area contributed by atoms with Gasteiger partial charge in [0, 0.05) is 59.9 Å². The van der Waals surface area contributed by atoms with Crippen molar-refractivity contribution in [3.8, 4) is 11.5 Å². The van der Waals surface area contributed by atoms with Crippen LogP contribution in [0, 0.1) is 0 Å². The standard InChI is InChI=1S/C21H23BrN4O2/c1-27-17-10-16(11-18(12-17)28-2)25-15-4-7-26(8-5-15)20-3-6-23-19-9-14(22)13-24-21(19)20/h3,6,9-13,15,25H,4-5,7-8H2,1-2H3. The van der Waals surface area contributed by atoms with Crippen LogP contribution >= 0.6 is 15.9 Å². The number of aromatic nitrogens is 2. The second-order valence-corrected chi connectivity index (χ2v) is 7.77. The summed E-state index contributed by atoms with van der Waals surface area (Å²) >= 11 is 3.47. The molecule has 28 heavy (non-hydrogen) atoms. The molecule has 0 aliphatic carbocycles. The van der Waals surface area contributed by atoms with Gasteiger partial charge in [0.25, 0.3) is 0 Å². The van der Waals surface area contributed by atoms with Crippen molar-refractivity contribution >= 4 is 38.3 Å². The van der Waals surface area contributed by atoms with Crippen LogP contribution in [0.3, 0.4) is 0 Å². The Morgan fingerprint density at radius 1 is 1.04 bits per heavy atom. The number of nitrogens with zero attached hydrogens (tertiary/aromatic N) is 3. The first kappa shape index (κ1) is 18.8. The van der Waals surface area contributed by atoms with Crippen LogP contribution in [0.4, 0.5) is 11.4 Å². The number of ether oxygens (including phenoxy) is 2. The SMILES string of the molecule is COc1cc(NC2CCN(c3ccnc4cc(Br)cnc34)CC2)cc(OC)c1. The molecule has 0 atom stereocenters. The molecule has 1 fully saturated rings. The second-order valence-electron chi connectivity index (χ2n) is 6.86. The van der Waals surface area contributed by atoms with E-state index in [2.05, 4.69) is 42.2 Å². The Morgan fingerprint density at radius 2 is 1.75 bits per heavy atom. The van der Waals surface area contributed by atoms with E-state index in [1.54, 1.807) is 14.2 Å². The third kappa shape index (κ3) is 3.99. The lowest BCUT2D eigenvalue weighted by Crippen LogP contribution is -2.39. The molecule has 7 heteroatoms. The summed E-state index contributed by atoms with van der Waals surface area (Å²) in [4.78, 5) is 11.4. The van der Waals surface area contributed by atoms with Crippen LogP contribution in [0.1, 0.15) is 12.8 Å². The van der Waals surface area contributed by atoms with Crippen LogP contribution in [0.2, 0.25) is 0 Å². The molecule has 0 radical (unpaired) electrons. The first-order valence-corrected chi connectivity index (χ1v) is 10.1. The first-order valence-electron chi connectivity index (χ1n) is 9.31. The smallest absolute Gasteiger partial charge is 0.124 e. The Kier molecular flexibility index (Phi) is 5.52. The van der Waals surface area contributed by atoms with Crippen LogP contribution < -0.4 is 19.7 Å². The van der Waals surface area contributed by atoms with Crippen molar-refractivity contribution in [2.45, 2.75) is 18.9 Å². The largest absolute Gasteiger partial charge is 0.497 e. The van der Waals surface area contributed by atoms with Crippen molar-refractivity contribution < 1.29 is 9.47 Å². The van der Waals surface area contributed by atoms with Gasteiger partial charge in [-0.05, 0) is 40.9 Å². The number of benzene rings is 1. The molecule has 0 spiro atoms. The summed E-state index contributed by atoms with van der Waals surface area (Å²) in [5.74, 6) is 1.58. The second kappa shape index (κ2) is 8.22. The zero-order valence-electron chi connectivity index (χ0n) is 16.0. The van der Waals surface area contributed by atoms with E-state index in [0.29, 0.717) is 6.04 Å². The van der Waals surface area contributed by atoms with Gasteiger partial charge < -0.3 is 19.7 Å². The van der Waals surface area contributed by atoms with Crippen molar-refractivity contribution in [1.82, 2.24) is 9.97 Å². The van der Waals surface area contributed by atoms with Gasteiger partial charge in [-0.25, -0.2) is 0 Å². The Labute approximate surface area is 173 Å². The van der Waals surface area contributed by atoms with Gasteiger partial charge in [-0.3, -0.25) is 9.97 Å². The number of halogens is 1. The molecule has 1 aliphatic rings. The number of methoxy groups -OCH3 is 2. The number of hydrogen-bond acceptors (Lipinski definition) is 6. The Balaban J connectivity index is 1.46. The van der Waals surface area contributed by atoms with Crippen LogP contribution in [0.5, 0.6) is 11.5 Å². The average Bonchev–Trinajstić information content (AvgIpc) is 2.73. The molecule has 0 amide bonds. The molecule has 3 heterocycles. The predicted molar refractivity (Wildman–Crippen MR) is 116 cm³/mol. The molecule has 1 aromatic carbocycles. The van der Waals surface area contributed by atoms with Gasteiger partial charge in [0.2, 0.25) is 0 Å². The Bertz CT molecular complexity index is 952. The predicted octanol–water partition coefficient (Wildman–Crippen LogP) is 4.49. The van der Waals surface area contributed by atoms with Crippen LogP contribution in [0.25, 0.3) is 11.0 Å². The number of nitrogens with one attached hydrogen (secondary N) is 1. The van der Waals surface area contributed by atoms with Gasteiger partial charge in [0.15, 0.2) is 0 Å². The summed E-state index contributed by atoms with van der Waals surface area (Å²) in [5, 5.41) is 3.63. The lowest BCUT2D eigenvalue weighted by Gasteiger charge is -2.34. The molecule has 0 saturated carbocycles. The normalized spacial score (nSPS) is 14.9. The minimum atomic E-state index is 0.406. The Morgan fingerprint density at radius 3 is 2.43 bits per heavy atom. The zero-order valence-corrected chi connectivity index (χ0v) is 17.6. The molecule has 1 N–H and O–H groups in total. The minimum Gasteiger partial charge on any atom is -0.497 e. The maximum Gasteiger partial charge on any atom is 0.124 e. The van der Waals surface area contributed by atoms with E-state index in [1.165, 1.54) is 0 Å². The number of piperidine rings is 1. The van der Waals surface area contributed by atoms with Crippen molar-refractivity contribution in [1.29, 1.82) is 0 Å². The van der Waals surface area contributed by atoms with Crippen molar-refractivity contribution in [2.75, 3.05) is 37.5 Å². The topological polar surface area (TPSA) is 59.5 Å². The van der Waals surface area contributed by atoms with Crippen molar-refractivity contribution in [2.24, 2.45) is 0 Å². The summed E-state index contributed by atoms with van der Waals surface area (Å²) in [6, 6.07) is 10.4. The van der Waals surface area contributed by atoms with E-state index < -0.39 is 0 Å². The highest BCUT2D eigenvalue weighted by Gasteiger charge is 2.21. The third-order valence-corrected chi connectivity index (χ3v) is 5.51. The number of hydrogen-bond donors (Lipinski definition) is 1. The van der Waals surface area contributed by atoms with E-state index >= 15 is 0 Å². The number of fused-ring (bicyclic) bond motifs is 1. The fraction of sp³-hybridized carbons (Fsp3) is 0.333. The Hall–Kier alpha value is -2.54. The molecule has 0 unspecified atom stereocenters. The van der Waals surface area contributed by atoms with Crippen molar-refractivity contribution in [3.63, 3.8) is 0 Å². The summed E-state index contributed by atoms with van der Waals surface area (Å²) in [6.07, 6.45) is 5.77. The summed E-state index contributed by atoms with van der Waals surface area (Å²) in [7, 11) is 3.34. The fourth-order valence-corrected chi connectivity index (χ4v) is 3.96. The van der Waals surface area contributed by atoms with Gasteiger partial charge in [0.05, 0.1) is 25.4 Å². The number of anilines is 2. The summed E-state index contributed by atoms with van der Waals surface area (Å²) < 4.78 is 11.7. The van der Waals surface area contributed by atoms with Crippen LogP contribution in [0.15, 0.2) is 47.2 Å². The molecule has 6 nitrogen and oxygen atoms in total. The number of rotatable bonds is 5. The maximum absolute atomic E-state index is 5.37. The number of pyridine rings is 2. The molecule has 0 bridgehead atoms. The van der Waals surface area contributed by atoms with Gasteiger partial charge in [0.1, 0.15) is 17.0 Å². The van der Waals surface area contributed by atoms with Crippen LogP contribution in [-0.2, 0) is 0 Å².